The van der Waals surface area contributed by atoms with E-state index in [1.807, 2.05) is 36.4 Å². The Labute approximate surface area is 217 Å². The Morgan fingerprint density at radius 1 is 0.889 bits per heavy atom. The van der Waals surface area contributed by atoms with Gasteiger partial charge in [0.1, 0.15) is 0 Å². The Morgan fingerprint density at radius 3 is 2.14 bits per heavy atom. The summed E-state index contributed by atoms with van der Waals surface area (Å²) in [6.45, 7) is 10.3. The van der Waals surface area contributed by atoms with Gasteiger partial charge in [0.25, 0.3) is 0 Å². The Hall–Kier alpha value is -2.87. The Balaban J connectivity index is 1.40. The molecule has 1 N–H and O–H groups in total. The minimum atomic E-state index is -0.286. The van der Waals surface area contributed by atoms with Crippen molar-refractivity contribution in [3.8, 4) is 0 Å². The van der Waals surface area contributed by atoms with Gasteiger partial charge >= 0.3 is 0 Å². The van der Waals surface area contributed by atoms with Gasteiger partial charge in [-0.2, -0.15) is 0 Å². The molecule has 3 aromatic carbocycles. The molecule has 1 saturated carbocycles. The summed E-state index contributed by atoms with van der Waals surface area (Å²) in [5.41, 5.74) is 6.93. The van der Waals surface area contributed by atoms with E-state index in [1.54, 1.807) is 11.1 Å². The van der Waals surface area contributed by atoms with Crippen molar-refractivity contribution < 1.29 is 4.79 Å². The third kappa shape index (κ3) is 4.51. The number of fused-ring (bicyclic) bond motifs is 3. The van der Waals surface area contributed by atoms with Crippen molar-refractivity contribution >= 4 is 5.91 Å². The van der Waals surface area contributed by atoms with Gasteiger partial charge in [0.05, 0.1) is 5.92 Å². The average Bonchev–Trinajstić information content (AvgIpc) is 2.89. The highest BCUT2D eigenvalue weighted by Gasteiger charge is 2.51. The Bertz CT molecular complexity index is 1160. The summed E-state index contributed by atoms with van der Waals surface area (Å²) in [6, 6.07) is 27.6. The molecule has 3 aromatic rings. The van der Waals surface area contributed by atoms with E-state index in [0.29, 0.717) is 11.8 Å². The first-order valence-electron chi connectivity index (χ1n) is 13.8. The molecule has 0 aliphatic heterocycles. The monoisotopic (exact) mass is 479 g/mol. The minimum absolute atomic E-state index is 0.0894. The van der Waals surface area contributed by atoms with Gasteiger partial charge in [-0.25, -0.2) is 0 Å². The van der Waals surface area contributed by atoms with Gasteiger partial charge in [-0.05, 0) is 76.2 Å². The largest absolute Gasteiger partial charge is 0.355 e. The lowest BCUT2D eigenvalue weighted by atomic mass is 9.49. The maximum absolute atomic E-state index is 13.8. The zero-order valence-electron chi connectivity index (χ0n) is 22.4. The highest BCUT2D eigenvalue weighted by molar-refractivity contribution is 5.87. The molecule has 2 nitrogen and oxygen atoms in total. The average molecular weight is 480 g/mol. The van der Waals surface area contributed by atoms with E-state index in [2.05, 4.69) is 75.5 Å². The van der Waals surface area contributed by atoms with Crippen LogP contribution in [-0.2, 0) is 16.6 Å². The van der Waals surface area contributed by atoms with E-state index in [-0.39, 0.29) is 22.7 Å². The van der Waals surface area contributed by atoms with E-state index < -0.39 is 0 Å². The van der Waals surface area contributed by atoms with E-state index in [1.165, 1.54) is 31.2 Å². The van der Waals surface area contributed by atoms with Crippen LogP contribution in [0, 0.1) is 11.3 Å². The molecule has 188 valence electrons. The van der Waals surface area contributed by atoms with Crippen molar-refractivity contribution in [1.29, 1.82) is 0 Å². The maximum Gasteiger partial charge on any atom is 0.232 e. The van der Waals surface area contributed by atoms with Crippen LogP contribution in [0.3, 0.4) is 0 Å². The molecule has 0 bridgehead atoms. The molecular formula is C34H41NO. The number of carbonyl (C=O) groups excluding carboxylic acids is 1. The molecule has 1 fully saturated rings. The summed E-state index contributed by atoms with van der Waals surface area (Å²) in [7, 11) is 0. The lowest BCUT2D eigenvalue weighted by Gasteiger charge is -2.55. The normalized spacial score (nSPS) is 25.3. The highest BCUT2D eigenvalue weighted by Crippen LogP contribution is 2.57. The SMILES string of the molecule is CC(C)c1ccc2c(c1)[C@]1(C)CCC[C@@](C)(CNC(=O)C(c3ccccc3)c3ccccc3)[C@H]1CC2. The van der Waals surface area contributed by atoms with Crippen molar-refractivity contribution in [3.05, 3.63) is 107 Å². The summed E-state index contributed by atoms with van der Waals surface area (Å²) in [5.74, 6) is 0.938. The predicted octanol–water partition coefficient (Wildman–Crippen LogP) is 7.77. The second kappa shape index (κ2) is 9.88. The van der Waals surface area contributed by atoms with Crippen LogP contribution in [0.1, 0.15) is 93.0 Å². The summed E-state index contributed by atoms with van der Waals surface area (Å²) in [4.78, 5) is 13.8. The third-order valence-electron chi connectivity index (χ3n) is 9.37. The van der Waals surface area contributed by atoms with Gasteiger partial charge in [0.2, 0.25) is 5.91 Å². The van der Waals surface area contributed by atoms with E-state index in [0.717, 1.165) is 24.1 Å². The molecule has 36 heavy (non-hydrogen) atoms. The first-order valence-corrected chi connectivity index (χ1v) is 13.8. The fraction of sp³-hybridized carbons (Fsp3) is 0.441. The third-order valence-corrected chi connectivity index (χ3v) is 9.37. The molecule has 1 amide bonds. The zero-order valence-corrected chi connectivity index (χ0v) is 22.4. The van der Waals surface area contributed by atoms with Gasteiger partial charge in [-0.1, -0.05) is 113 Å². The van der Waals surface area contributed by atoms with Gasteiger partial charge in [0, 0.05) is 6.54 Å². The van der Waals surface area contributed by atoms with Crippen LogP contribution in [-0.4, -0.2) is 12.5 Å². The van der Waals surface area contributed by atoms with Crippen molar-refractivity contribution in [2.75, 3.05) is 6.54 Å². The van der Waals surface area contributed by atoms with Gasteiger partial charge < -0.3 is 5.32 Å². The molecule has 3 atom stereocenters. The molecule has 0 heterocycles. The summed E-state index contributed by atoms with van der Waals surface area (Å²) in [5, 5.41) is 3.45. The van der Waals surface area contributed by atoms with E-state index in [9.17, 15) is 4.79 Å². The molecule has 2 heteroatoms. The van der Waals surface area contributed by atoms with Crippen LogP contribution in [0.15, 0.2) is 78.9 Å². The fourth-order valence-electron chi connectivity index (χ4n) is 7.36. The number of rotatable bonds is 6. The first-order chi connectivity index (χ1) is 17.3. The number of aryl methyl sites for hydroxylation is 1. The van der Waals surface area contributed by atoms with E-state index in [4.69, 9.17) is 0 Å². The second-order valence-corrected chi connectivity index (χ2v) is 12.1. The number of nitrogens with one attached hydrogen (secondary N) is 1. The quantitative estimate of drug-likeness (QED) is 0.384. The Morgan fingerprint density at radius 2 is 1.53 bits per heavy atom. The molecule has 2 aliphatic rings. The molecular weight excluding hydrogens is 438 g/mol. The number of amides is 1. The van der Waals surface area contributed by atoms with Crippen LogP contribution < -0.4 is 5.32 Å². The minimum Gasteiger partial charge on any atom is -0.355 e. The van der Waals surface area contributed by atoms with Crippen LogP contribution in [0.2, 0.25) is 0 Å². The number of benzene rings is 3. The first kappa shape index (κ1) is 24.8. The molecule has 0 aromatic heterocycles. The number of hydrogen-bond donors (Lipinski definition) is 1. The van der Waals surface area contributed by atoms with Gasteiger partial charge in [-0.3, -0.25) is 4.79 Å². The highest BCUT2D eigenvalue weighted by atomic mass is 16.1. The number of carbonyl (C=O) groups is 1. The van der Waals surface area contributed by atoms with Gasteiger partial charge in [-0.15, -0.1) is 0 Å². The zero-order chi connectivity index (χ0) is 25.3. The summed E-state index contributed by atoms with van der Waals surface area (Å²) < 4.78 is 0. The lowest BCUT2D eigenvalue weighted by Crippen LogP contribution is -2.53. The molecule has 5 rings (SSSR count). The molecule has 0 unspecified atom stereocenters. The van der Waals surface area contributed by atoms with Crippen molar-refractivity contribution in [1.82, 2.24) is 5.32 Å². The molecule has 0 spiro atoms. The van der Waals surface area contributed by atoms with Crippen LogP contribution in [0.5, 0.6) is 0 Å². The summed E-state index contributed by atoms with van der Waals surface area (Å²) >= 11 is 0. The van der Waals surface area contributed by atoms with Crippen molar-refractivity contribution in [2.45, 2.75) is 77.0 Å². The predicted molar refractivity (Wildman–Crippen MR) is 149 cm³/mol. The van der Waals surface area contributed by atoms with Gasteiger partial charge in [0.15, 0.2) is 0 Å². The molecule has 2 aliphatic carbocycles. The van der Waals surface area contributed by atoms with Crippen molar-refractivity contribution in [2.24, 2.45) is 11.3 Å². The summed E-state index contributed by atoms with van der Waals surface area (Å²) in [6.07, 6.45) is 5.98. The second-order valence-electron chi connectivity index (χ2n) is 12.1. The lowest BCUT2D eigenvalue weighted by molar-refractivity contribution is -0.122. The topological polar surface area (TPSA) is 29.1 Å². The van der Waals surface area contributed by atoms with Crippen LogP contribution in [0.25, 0.3) is 0 Å². The smallest absolute Gasteiger partial charge is 0.232 e. The maximum atomic E-state index is 13.8. The number of hydrogen-bond acceptors (Lipinski definition) is 1. The molecule has 0 radical (unpaired) electrons. The van der Waals surface area contributed by atoms with Crippen LogP contribution in [0.4, 0.5) is 0 Å². The van der Waals surface area contributed by atoms with E-state index >= 15 is 0 Å². The molecule has 0 saturated heterocycles. The van der Waals surface area contributed by atoms with Crippen molar-refractivity contribution in [3.63, 3.8) is 0 Å². The standard InChI is InChI=1S/C34H41NO/c1-24(2)28-17-16-25-18-19-30-33(3,20-11-21-34(30,4)29(25)22-28)23-35-32(36)31(26-12-7-5-8-13-26)27-14-9-6-10-15-27/h5-10,12-17,22,24,30-31H,11,18-21,23H2,1-4H3,(H,35,36)/t30-,33+,34+/m1/s1. The fourth-order valence-corrected chi connectivity index (χ4v) is 7.36. The Kier molecular flexibility index (Phi) is 6.81. The van der Waals surface area contributed by atoms with Crippen LogP contribution >= 0.6 is 0 Å².